The van der Waals surface area contributed by atoms with Crippen LogP contribution in [0.2, 0.25) is 0 Å². The predicted molar refractivity (Wildman–Crippen MR) is 93.6 cm³/mol. The third-order valence-corrected chi connectivity index (χ3v) is 4.60. The average Bonchev–Trinajstić information content (AvgIpc) is 2.68. The van der Waals surface area contributed by atoms with Gasteiger partial charge in [0.05, 0.1) is 0 Å². The van der Waals surface area contributed by atoms with Crippen molar-refractivity contribution in [3.05, 3.63) is 71.0 Å². The minimum absolute atomic E-state index is 0.0563. The highest BCUT2D eigenvalue weighted by molar-refractivity contribution is 5.94. The van der Waals surface area contributed by atoms with Crippen LogP contribution in [0.4, 0.5) is 13.2 Å². The van der Waals surface area contributed by atoms with Crippen LogP contribution in [0.1, 0.15) is 22.3 Å². The summed E-state index contributed by atoms with van der Waals surface area (Å²) < 4.78 is 39.5. The SMILES string of the molecule is O=C(CCc1cccc(F)c1)N1CCN(C(=O)c2ccc(F)c(F)c2)CC1. The number of piperazine rings is 1. The van der Waals surface area contributed by atoms with Gasteiger partial charge < -0.3 is 9.80 Å². The van der Waals surface area contributed by atoms with Crippen molar-refractivity contribution in [3.8, 4) is 0 Å². The van der Waals surface area contributed by atoms with E-state index in [1.54, 1.807) is 17.0 Å². The first-order chi connectivity index (χ1) is 12.9. The lowest BCUT2D eigenvalue weighted by molar-refractivity contribution is -0.132. The minimum atomic E-state index is -1.06. The van der Waals surface area contributed by atoms with Crippen LogP contribution in [0.5, 0.6) is 0 Å². The molecule has 0 spiro atoms. The van der Waals surface area contributed by atoms with E-state index in [9.17, 15) is 22.8 Å². The van der Waals surface area contributed by atoms with Crippen LogP contribution in [-0.4, -0.2) is 47.8 Å². The van der Waals surface area contributed by atoms with E-state index in [4.69, 9.17) is 0 Å². The number of benzene rings is 2. The lowest BCUT2D eigenvalue weighted by atomic mass is 10.1. The van der Waals surface area contributed by atoms with Crippen molar-refractivity contribution in [1.82, 2.24) is 9.80 Å². The van der Waals surface area contributed by atoms with Crippen molar-refractivity contribution in [2.75, 3.05) is 26.2 Å². The van der Waals surface area contributed by atoms with Crippen LogP contribution < -0.4 is 0 Å². The second-order valence-electron chi connectivity index (χ2n) is 6.43. The number of rotatable bonds is 4. The summed E-state index contributed by atoms with van der Waals surface area (Å²) in [6.45, 7) is 1.39. The van der Waals surface area contributed by atoms with Crippen LogP contribution in [0, 0.1) is 17.5 Å². The summed E-state index contributed by atoms with van der Waals surface area (Å²) in [6, 6.07) is 9.20. The maximum absolute atomic E-state index is 13.3. The first-order valence-corrected chi connectivity index (χ1v) is 8.70. The largest absolute Gasteiger partial charge is 0.339 e. The Bertz CT molecular complexity index is 849. The van der Waals surface area contributed by atoms with E-state index in [0.29, 0.717) is 32.6 Å². The first-order valence-electron chi connectivity index (χ1n) is 8.70. The zero-order valence-corrected chi connectivity index (χ0v) is 14.6. The zero-order valence-electron chi connectivity index (χ0n) is 14.6. The molecule has 3 rings (SSSR count). The lowest BCUT2D eigenvalue weighted by Gasteiger charge is -2.35. The van der Waals surface area contributed by atoms with Gasteiger partial charge in [-0.05, 0) is 42.3 Å². The minimum Gasteiger partial charge on any atom is -0.339 e. The molecular formula is C20H19F3N2O2. The second kappa shape index (κ2) is 8.24. The Labute approximate surface area is 155 Å². The summed E-state index contributed by atoms with van der Waals surface area (Å²) >= 11 is 0. The van der Waals surface area contributed by atoms with Gasteiger partial charge in [-0.15, -0.1) is 0 Å². The molecule has 1 heterocycles. The van der Waals surface area contributed by atoms with E-state index in [0.717, 1.165) is 17.7 Å². The standard InChI is InChI=1S/C20H19F3N2O2/c21-16-3-1-2-14(12-16)4-7-19(26)24-8-10-25(11-9-24)20(27)15-5-6-17(22)18(23)13-15/h1-3,5-6,12-13H,4,7-11H2. The van der Waals surface area contributed by atoms with Crippen LogP contribution >= 0.6 is 0 Å². The molecule has 2 aromatic rings. The molecule has 142 valence electrons. The fourth-order valence-corrected chi connectivity index (χ4v) is 3.07. The van der Waals surface area contributed by atoms with Crippen LogP contribution in [-0.2, 0) is 11.2 Å². The Morgan fingerprint density at radius 1 is 0.852 bits per heavy atom. The third-order valence-electron chi connectivity index (χ3n) is 4.60. The first kappa shape index (κ1) is 18.9. The molecule has 0 unspecified atom stereocenters. The van der Waals surface area contributed by atoms with E-state index >= 15 is 0 Å². The van der Waals surface area contributed by atoms with Gasteiger partial charge in [-0.2, -0.15) is 0 Å². The van der Waals surface area contributed by atoms with Gasteiger partial charge in [0.25, 0.3) is 5.91 Å². The maximum Gasteiger partial charge on any atom is 0.254 e. The van der Waals surface area contributed by atoms with Gasteiger partial charge in [-0.3, -0.25) is 9.59 Å². The predicted octanol–water partition coefficient (Wildman–Crippen LogP) is 3.02. The lowest BCUT2D eigenvalue weighted by Crippen LogP contribution is -2.50. The van der Waals surface area contributed by atoms with Gasteiger partial charge in [0.15, 0.2) is 11.6 Å². The third kappa shape index (κ3) is 4.67. The topological polar surface area (TPSA) is 40.6 Å². The zero-order chi connectivity index (χ0) is 19.4. The van der Waals surface area contributed by atoms with Crippen molar-refractivity contribution < 1.29 is 22.8 Å². The van der Waals surface area contributed by atoms with Crippen molar-refractivity contribution in [3.63, 3.8) is 0 Å². The molecule has 0 aromatic heterocycles. The van der Waals surface area contributed by atoms with Crippen molar-refractivity contribution >= 4 is 11.8 Å². The molecular weight excluding hydrogens is 357 g/mol. The van der Waals surface area contributed by atoms with E-state index in [-0.39, 0.29) is 29.6 Å². The molecule has 0 atom stereocenters. The number of hydrogen-bond donors (Lipinski definition) is 0. The number of nitrogens with zero attached hydrogens (tertiary/aromatic N) is 2. The number of carbonyl (C=O) groups excluding carboxylic acids is 2. The molecule has 2 aromatic carbocycles. The van der Waals surface area contributed by atoms with E-state index in [1.165, 1.54) is 23.1 Å². The Morgan fingerprint density at radius 3 is 2.22 bits per heavy atom. The number of halogens is 3. The molecule has 0 aliphatic carbocycles. The highest BCUT2D eigenvalue weighted by Gasteiger charge is 2.25. The van der Waals surface area contributed by atoms with Crippen LogP contribution in [0.15, 0.2) is 42.5 Å². The molecule has 1 fully saturated rings. The molecule has 2 amide bonds. The molecule has 0 bridgehead atoms. The highest BCUT2D eigenvalue weighted by Crippen LogP contribution is 2.14. The fraction of sp³-hybridized carbons (Fsp3) is 0.300. The Kier molecular flexibility index (Phi) is 5.78. The fourth-order valence-electron chi connectivity index (χ4n) is 3.07. The second-order valence-corrected chi connectivity index (χ2v) is 6.43. The summed E-state index contributed by atoms with van der Waals surface area (Å²) in [4.78, 5) is 27.9. The van der Waals surface area contributed by atoms with Gasteiger partial charge in [0.1, 0.15) is 5.82 Å². The normalized spacial score (nSPS) is 14.3. The summed E-state index contributed by atoms with van der Waals surface area (Å²) in [5.74, 6) is -2.84. The van der Waals surface area contributed by atoms with Crippen molar-refractivity contribution in [1.29, 1.82) is 0 Å². The van der Waals surface area contributed by atoms with Crippen molar-refractivity contribution in [2.24, 2.45) is 0 Å². The Hall–Kier alpha value is -2.83. The van der Waals surface area contributed by atoms with Gasteiger partial charge in [0.2, 0.25) is 5.91 Å². The molecule has 0 N–H and O–H groups in total. The van der Waals surface area contributed by atoms with E-state index in [2.05, 4.69) is 0 Å². The van der Waals surface area contributed by atoms with Crippen LogP contribution in [0.25, 0.3) is 0 Å². The molecule has 1 aliphatic heterocycles. The van der Waals surface area contributed by atoms with Gasteiger partial charge in [-0.1, -0.05) is 12.1 Å². The monoisotopic (exact) mass is 376 g/mol. The molecule has 27 heavy (non-hydrogen) atoms. The van der Waals surface area contributed by atoms with E-state index in [1.807, 2.05) is 0 Å². The quantitative estimate of drug-likeness (QED) is 0.823. The Morgan fingerprint density at radius 2 is 1.56 bits per heavy atom. The van der Waals surface area contributed by atoms with Crippen molar-refractivity contribution in [2.45, 2.75) is 12.8 Å². The Balaban J connectivity index is 1.51. The number of aryl methyl sites for hydroxylation is 1. The van der Waals surface area contributed by atoms with Gasteiger partial charge in [0, 0.05) is 38.2 Å². The molecule has 1 saturated heterocycles. The van der Waals surface area contributed by atoms with Crippen LogP contribution in [0.3, 0.4) is 0 Å². The van der Waals surface area contributed by atoms with Gasteiger partial charge in [-0.25, -0.2) is 13.2 Å². The molecule has 0 saturated carbocycles. The molecule has 7 heteroatoms. The molecule has 4 nitrogen and oxygen atoms in total. The molecule has 1 aliphatic rings. The smallest absolute Gasteiger partial charge is 0.254 e. The molecule has 0 radical (unpaired) electrons. The summed E-state index contributed by atoms with van der Waals surface area (Å²) in [5, 5.41) is 0. The summed E-state index contributed by atoms with van der Waals surface area (Å²) in [6.07, 6.45) is 0.713. The average molecular weight is 376 g/mol. The summed E-state index contributed by atoms with van der Waals surface area (Å²) in [7, 11) is 0. The maximum atomic E-state index is 13.3. The number of amides is 2. The van der Waals surface area contributed by atoms with Gasteiger partial charge >= 0.3 is 0 Å². The number of carbonyl (C=O) groups is 2. The highest BCUT2D eigenvalue weighted by atomic mass is 19.2. The van der Waals surface area contributed by atoms with E-state index < -0.39 is 11.6 Å². The summed E-state index contributed by atoms with van der Waals surface area (Å²) in [5.41, 5.74) is 0.843. The number of hydrogen-bond acceptors (Lipinski definition) is 2.